The number of benzene rings is 1. The number of allylic oxidation sites excluding steroid dienone is 2. The van der Waals surface area contributed by atoms with Crippen molar-refractivity contribution in [2.75, 3.05) is 7.11 Å². The first-order valence-electron chi connectivity index (χ1n) is 9.08. The zero-order chi connectivity index (χ0) is 21.2. The Morgan fingerprint density at radius 2 is 1.89 bits per heavy atom. The Hall–Kier alpha value is -1.76. The van der Waals surface area contributed by atoms with Gasteiger partial charge in [-0.2, -0.15) is 0 Å². The maximum atomic E-state index is 13.1. The number of carbonyl (C=O) groups is 2. The van der Waals surface area contributed by atoms with E-state index in [1.807, 2.05) is 43.5 Å². The van der Waals surface area contributed by atoms with Crippen molar-refractivity contribution in [2.24, 2.45) is 5.41 Å². The summed E-state index contributed by atoms with van der Waals surface area (Å²) < 4.78 is 7.16. The van der Waals surface area contributed by atoms with Crippen molar-refractivity contribution >= 4 is 40.9 Å². The molecule has 0 saturated heterocycles. The van der Waals surface area contributed by atoms with Gasteiger partial charge in [0.25, 0.3) is 0 Å². The molecule has 2 rings (SSSR count). The Labute approximate surface area is 171 Å². The lowest BCUT2D eigenvalue weighted by Crippen LogP contribution is -2.24. The number of hydrogen-bond donors (Lipinski definition) is 0. The summed E-state index contributed by atoms with van der Waals surface area (Å²) in [6, 6.07) is 5.54. The lowest BCUT2D eigenvalue weighted by molar-refractivity contribution is -0.126. The third-order valence-corrected chi connectivity index (χ3v) is 6.23. The summed E-state index contributed by atoms with van der Waals surface area (Å²) >= 11 is 0. The highest BCUT2D eigenvalue weighted by molar-refractivity contribution is 7.27. The van der Waals surface area contributed by atoms with E-state index in [0.29, 0.717) is 23.3 Å². The van der Waals surface area contributed by atoms with Crippen molar-refractivity contribution < 1.29 is 14.3 Å². The van der Waals surface area contributed by atoms with E-state index in [1.54, 1.807) is 13.3 Å². The van der Waals surface area contributed by atoms with Crippen molar-refractivity contribution in [2.45, 2.75) is 39.4 Å². The maximum absolute atomic E-state index is 13.1. The highest BCUT2D eigenvalue weighted by atomic mass is 31.0. The normalized spacial score (nSPS) is 12.6. The molecule has 1 aromatic carbocycles. The van der Waals surface area contributed by atoms with Gasteiger partial charge in [-0.1, -0.05) is 39.2 Å². The van der Waals surface area contributed by atoms with Gasteiger partial charge in [-0.05, 0) is 24.1 Å². The number of nitrogens with zero attached hydrogens (tertiary/aromatic N) is 1. The first-order chi connectivity index (χ1) is 13.0. The fourth-order valence-corrected chi connectivity index (χ4v) is 3.18. The van der Waals surface area contributed by atoms with Crippen molar-refractivity contribution in [3.05, 3.63) is 54.0 Å². The molecule has 28 heavy (non-hydrogen) atoms. The highest BCUT2D eigenvalue weighted by Crippen LogP contribution is 2.31. The third-order valence-electron chi connectivity index (χ3n) is 4.75. The molecule has 4 nitrogen and oxygen atoms in total. The van der Waals surface area contributed by atoms with Gasteiger partial charge >= 0.3 is 0 Å². The predicted molar refractivity (Wildman–Crippen MR) is 123 cm³/mol. The molecule has 0 aliphatic carbocycles. The maximum Gasteiger partial charge on any atom is 0.190 e. The molecule has 150 valence electrons. The van der Waals surface area contributed by atoms with Crippen LogP contribution in [0.2, 0.25) is 0 Å². The first-order valence-corrected chi connectivity index (χ1v) is 10.3. The molecule has 0 fully saturated rings. The molecule has 0 spiro atoms. The van der Waals surface area contributed by atoms with Crippen LogP contribution in [-0.2, 0) is 11.3 Å². The standard InChI is InChI=1S/C22H29NO3P2/c1-13(9-19(28)14(2)27)21(25)17-11-23(12-20(24)22(3,4)5)18-10-15(26-6)7-8-16(17)18/h7-8,10-11,19H,1-2,9,12,27-28H2,3-6H3. The van der Waals surface area contributed by atoms with E-state index in [0.717, 1.165) is 16.2 Å². The number of ketones is 2. The Kier molecular flexibility index (Phi) is 7.02. The van der Waals surface area contributed by atoms with Crippen LogP contribution in [0.25, 0.3) is 10.9 Å². The van der Waals surface area contributed by atoms with Crippen LogP contribution in [0.1, 0.15) is 37.6 Å². The van der Waals surface area contributed by atoms with E-state index in [1.165, 1.54) is 0 Å². The van der Waals surface area contributed by atoms with E-state index in [9.17, 15) is 9.59 Å². The second-order valence-electron chi connectivity index (χ2n) is 8.05. The van der Waals surface area contributed by atoms with E-state index < -0.39 is 5.41 Å². The van der Waals surface area contributed by atoms with Crippen LogP contribution in [0.5, 0.6) is 5.75 Å². The molecule has 3 atom stereocenters. The molecule has 3 unspecified atom stereocenters. The second-order valence-corrected chi connectivity index (χ2v) is 9.59. The van der Waals surface area contributed by atoms with Gasteiger partial charge in [0.15, 0.2) is 11.6 Å². The zero-order valence-electron chi connectivity index (χ0n) is 17.0. The minimum atomic E-state index is -0.463. The summed E-state index contributed by atoms with van der Waals surface area (Å²) in [5, 5.41) is 1.69. The summed E-state index contributed by atoms with van der Waals surface area (Å²) in [7, 11) is 6.84. The average molecular weight is 417 g/mol. The fraction of sp³-hybridized carbons (Fsp3) is 0.364. The van der Waals surface area contributed by atoms with Gasteiger partial charge in [-0.15, -0.1) is 18.5 Å². The van der Waals surface area contributed by atoms with Gasteiger partial charge < -0.3 is 9.30 Å². The summed E-state index contributed by atoms with van der Waals surface area (Å²) in [5.41, 5.74) is 1.47. The number of methoxy groups -OCH3 is 1. The summed E-state index contributed by atoms with van der Waals surface area (Å²) in [6.07, 6.45) is 2.27. The van der Waals surface area contributed by atoms with Crippen LogP contribution in [-0.4, -0.2) is 28.9 Å². The Morgan fingerprint density at radius 1 is 1.25 bits per heavy atom. The highest BCUT2D eigenvalue weighted by Gasteiger charge is 2.24. The number of ether oxygens (including phenoxy) is 1. The van der Waals surface area contributed by atoms with Gasteiger partial charge in [0.1, 0.15) is 5.75 Å². The molecule has 0 aliphatic heterocycles. The number of hydrogen-bond acceptors (Lipinski definition) is 3. The summed E-state index contributed by atoms with van der Waals surface area (Å²) in [5.74, 6) is 0.655. The van der Waals surface area contributed by atoms with Crippen LogP contribution < -0.4 is 4.74 Å². The average Bonchev–Trinajstić information content (AvgIpc) is 2.97. The zero-order valence-corrected chi connectivity index (χ0v) is 19.4. The minimum Gasteiger partial charge on any atom is -0.497 e. The predicted octanol–water partition coefficient (Wildman–Crippen LogP) is 5.03. The molecule has 0 radical (unpaired) electrons. The summed E-state index contributed by atoms with van der Waals surface area (Å²) in [6.45, 7) is 13.8. The molecule has 0 saturated carbocycles. The van der Waals surface area contributed by atoms with Crippen LogP contribution >= 0.6 is 18.5 Å². The SMILES string of the molecule is C=C(CC(P)C(=C)P)C(=O)c1cn(CC(=O)C(C)(C)C)c2cc(OC)ccc12. The van der Waals surface area contributed by atoms with Gasteiger partial charge in [0.2, 0.25) is 0 Å². The molecule has 1 heterocycles. The molecule has 0 N–H and O–H groups in total. The van der Waals surface area contributed by atoms with Crippen molar-refractivity contribution in [1.82, 2.24) is 4.57 Å². The first kappa shape index (κ1) is 22.5. The number of aromatic nitrogens is 1. The third kappa shape index (κ3) is 4.99. The number of carbonyl (C=O) groups excluding carboxylic acids is 2. The fourth-order valence-electron chi connectivity index (χ4n) is 2.78. The Balaban J connectivity index is 2.49. The van der Waals surface area contributed by atoms with E-state index in [4.69, 9.17) is 4.74 Å². The van der Waals surface area contributed by atoms with Crippen molar-refractivity contribution in [1.29, 1.82) is 0 Å². The molecule has 0 amide bonds. The number of rotatable bonds is 8. The minimum absolute atomic E-state index is 0.0670. The van der Waals surface area contributed by atoms with Crippen molar-refractivity contribution in [3.63, 3.8) is 0 Å². The molecule has 6 heteroatoms. The van der Waals surface area contributed by atoms with Gasteiger partial charge in [0, 0.05) is 34.3 Å². The van der Waals surface area contributed by atoms with Gasteiger partial charge in [0.05, 0.1) is 19.2 Å². The van der Waals surface area contributed by atoms with E-state index in [-0.39, 0.29) is 23.8 Å². The van der Waals surface area contributed by atoms with Crippen LogP contribution in [0, 0.1) is 5.41 Å². The molecule has 0 bridgehead atoms. The van der Waals surface area contributed by atoms with E-state index >= 15 is 0 Å². The second kappa shape index (κ2) is 8.72. The van der Waals surface area contributed by atoms with Gasteiger partial charge in [-0.3, -0.25) is 9.59 Å². The lowest BCUT2D eigenvalue weighted by Gasteiger charge is -2.17. The summed E-state index contributed by atoms with van der Waals surface area (Å²) in [4.78, 5) is 25.7. The molecular formula is C22H29NO3P2. The van der Waals surface area contributed by atoms with Crippen LogP contribution in [0.4, 0.5) is 0 Å². The Bertz CT molecular complexity index is 951. The topological polar surface area (TPSA) is 48.3 Å². The van der Waals surface area contributed by atoms with Crippen molar-refractivity contribution in [3.8, 4) is 5.75 Å². The molecule has 1 aromatic heterocycles. The molecule has 0 aliphatic rings. The number of Topliss-reactive ketones (excluding diaryl/α,β-unsaturated/α-hetero) is 2. The molecular weight excluding hydrogens is 388 g/mol. The van der Waals surface area contributed by atoms with Crippen LogP contribution in [0.3, 0.4) is 0 Å². The number of fused-ring (bicyclic) bond motifs is 1. The Morgan fingerprint density at radius 3 is 2.43 bits per heavy atom. The quantitative estimate of drug-likeness (QED) is 0.344. The van der Waals surface area contributed by atoms with E-state index in [2.05, 4.69) is 31.6 Å². The van der Waals surface area contributed by atoms with Gasteiger partial charge in [-0.25, -0.2) is 0 Å². The largest absolute Gasteiger partial charge is 0.497 e. The molecule has 2 aromatic rings. The smallest absolute Gasteiger partial charge is 0.190 e. The monoisotopic (exact) mass is 417 g/mol. The lowest BCUT2D eigenvalue weighted by atomic mass is 9.91. The van der Waals surface area contributed by atoms with Crippen LogP contribution in [0.15, 0.2) is 48.4 Å².